The third kappa shape index (κ3) is 2.28. The number of hydrogen-bond donors (Lipinski definition) is 3. The number of aliphatic hydroxyl groups excluding tert-OH is 2. The number of rotatable bonds is 2. The highest BCUT2D eigenvalue weighted by Gasteiger charge is 2.56. The molecule has 0 spiro atoms. The lowest BCUT2D eigenvalue weighted by Crippen LogP contribution is -2.53. The zero-order valence-corrected chi connectivity index (χ0v) is 14.2. The molecule has 6 unspecified atom stereocenters. The second kappa shape index (κ2) is 5.61. The Labute approximate surface area is 135 Å². The molecule has 3 aliphatic carbocycles. The molecule has 4 N–H and O–H groups in total. The van der Waals surface area contributed by atoms with E-state index in [1.165, 1.54) is 18.4 Å². The van der Waals surface area contributed by atoms with E-state index in [-0.39, 0.29) is 16.9 Å². The third-order valence-electron chi connectivity index (χ3n) is 7.78. The Morgan fingerprint density at radius 3 is 2.50 bits per heavy atom. The van der Waals surface area contributed by atoms with Gasteiger partial charge in [-0.15, -0.1) is 0 Å². The molecule has 126 valence electrons. The average Bonchev–Trinajstić information content (AvgIpc) is 2.78. The van der Waals surface area contributed by atoms with Gasteiger partial charge in [0.15, 0.2) is 0 Å². The van der Waals surface area contributed by atoms with Gasteiger partial charge in [-0.2, -0.15) is 0 Å². The van der Waals surface area contributed by atoms with Gasteiger partial charge < -0.3 is 15.9 Å². The molecule has 0 aromatic carbocycles. The molecule has 3 rings (SSSR count). The Bertz CT molecular complexity index is 451. The molecule has 0 saturated heterocycles. The van der Waals surface area contributed by atoms with E-state index < -0.39 is 6.10 Å². The zero-order valence-electron chi connectivity index (χ0n) is 14.2. The van der Waals surface area contributed by atoms with E-state index in [2.05, 4.69) is 20.4 Å². The second-order valence-electron chi connectivity index (χ2n) is 8.66. The highest BCUT2D eigenvalue weighted by molar-refractivity contribution is 5.20. The van der Waals surface area contributed by atoms with Crippen molar-refractivity contribution in [3.05, 3.63) is 12.2 Å². The molecular weight excluding hydrogens is 274 g/mol. The largest absolute Gasteiger partial charge is 0.393 e. The van der Waals surface area contributed by atoms with Crippen LogP contribution in [0.25, 0.3) is 0 Å². The molecule has 3 saturated carbocycles. The Kier molecular flexibility index (Phi) is 4.20. The van der Waals surface area contributed by atoms with Crippen molar-refractivity contribution in [1.82, 2.24) is 0 Å². The predicted molar refractivity (Wildman–Crippen MR) is 89.2 cm³/mol. The van der Waals surface area contributed by atoms with Crippen LogP contribution in [0.5, 0.6) is 0 Å². The summed E-state index contributed by atoms with van der Waals surface area (Å²) in [5.74, 6) is 1.58. The number of hydrogen-bond acceptors (Lipinski definition) is 3. The zero-order chi connectivity index (χ0) is 16.1. The molecule has 0 aliphatic heterocycles. The van der Waals surface area contributed by atoms with E-state index in [9.17, 15) is 10.2 Å². The summed E-state index contributed by atoms with van der Waals surface area (Å²) in [6, 6.07) is 0. The van der Waals surface area contributed by atoms with Crippen molar-refractivity contribution in [2.24, 2.45) is 34.3 Å². The summed E-state index contributed by atoms with van der Waals surface area (Å²) in [6.45, 7) is 9.67. The molecule has 0 bridgehead atoms. The van der Waals surface area contributed by atoms with Crippen LogP contribution in [-0.2, 0) is 0 Å². The van der Waals surface area contributed by atoms with Gasteiger partial charge in [0.25, 0.3) is 0 Å². The van der Waals surface area contributed by atoms with Crippen molar-refractivity contribution in [2.75, 3.05) is 6.54 Å². The topological polar surface area (TPSA) is 66.5 Å². The molecule has 3 heteroatoms. The molecule has 0 radical (unpaired) electrons. The van der Waals surface area contributed by atoms with Gasteiger partial charge in [-0.3, -0.25) is 0 Å². The van der Waals surface area contributed by atoms with Crippen LogP contribution in [0.15, 0.2) is 12.2 Å². The van der Waals surface area contributed by atoms with Gasteiger partial charge in [0.1, 0.15) is 0 Å². The van der Waals surface area contributed by atoms with E-state index in [0.29, 0.717) is 30.7 Å². The minimum atomic E-state index is -0.399. The summed E-state index contributed by atoms with van der Waals surface area (Å²) >= 11 is 0. The SMILES string of the molecule is C=C1CCC2[C@H](CN)C(C3(C)CCC(O)CC3O)CCC12C. The van der Waals surface area contributed by atoms with Crippen LogP contribution in [0.1, 0.15) is 58.8 Å². The molecule has 7 atom stereocenters. The van der Waals surface area contributed by atoms with Crippen LogP contribution in [0.4, 0.5) is 0 Å². The number of fused-ring (bicyclic) bond motifs is 1. The highest BCUT2D eigenvalue weighted by atomic mass is 16.3. The Hall–Kier alpha value is -0.380. The molecule has 0 amide bonds. The summed E-state index contributed by atoms with van der Waals surface area (Å²) in [5, 5.41) is 20.6. The van der Waals surface area contributed by atoms with Crippen molar-refractivity contribution >= 4 is 0 Å². The maximum Gasteiger partial charge on any atom is 0.0621 e. The van der Waals surface area contributed by atoms with Crippen molar-refractivity contribution in [3.8, 4) is 0 Å². The second-order valence-corrected chi connectivity index (χ2v) is 8.66. The standard InChI is InChI=1S/C19H33NO2/c1-12-4-5-15-14(11-20)16(7-9-18(12,15)2)19(3)8-6-13(21)10-17(19)22/h13-17,21-22H,1,4-11,20H2,2-3H3/t13?,14-,15?,16?,17?,18?,19?/m0/s1. The van der Waals surface area contributed by atoms with Crippen LogP contribution in [-0.4, -0.2) is 29.0 Å². The quantitative estimate of drug-likeness (QED) is 0.687. The average molecular weight is 307 g/mol. The number of nitrogens with two attached hydrogens (primary N) is 1. The lowest BCUT2D eigenvalue weighted by atomic mass is 9.51. The van der Waals surface area contributed by atoms with Crippen LogP contribution in [0, 0.1) is 28.6 Å². The molecular formula is C19H33NO2. The predicted octanol–water partition coefficient (Wildman–Crippen LogP) is 2.86. The fourth-order valence-electron chi connectivity index (χ4n) is 6.06. The summed E-state index contributed by atoms with van der Waals surface area (Å²) in [7, 11) is 0. The summed E-state index contributed by atoms with van der Waals surface area (Å²) in [6.07, 6.45) is 6.20. The van der Waals surface area contributed by atoms with Gasteiger partial charge in [-0.25, -0.2) is 0 Å². The molecule has 0 aromatic rings. The van der Waals surface area contributed by atoms with Crippen molar-refractivity contribution < 1.29 is 10.2 Å². The van der Waals surface area contributed by atoms with E-state index in [0.717, 1.165) is 25.7 Å². The lowest BCUT2D eigenvalue weighted by Gasteiger charge is -2.55. The minimum absolute atomic E-state index is 0.0888. The van der Waals surface area contributed by atoms with Crippen LogP contribution >= 0.6 is 0 Å². The molecule has 0 aromatic heterocycles. The first-order valence-corrected chi connectivity index (χ1v) is 9.07. The van der Waals surface area contributed by atoms with Gasteiger partial charge in [-0.1, -0.05) is 26.0 Å². The molecule has 0 heterocycles. The maximum atomic E-state index is 10.7. The number of aliphatic hydroxyl groups is 2. The summed E-state index contributed by atoms with van der Waals surface area (Å²) in [5.41, 5.74) is 7.82. The Balaban J connectivity index is 1.87. The summed E-state index contributed by atoms with van der Waals surface area (Å²) in [4.78, 5) is 0. The fourth-order valence-corrected chi connectivity index (χ4v) is 6.06. The molecule has 3 aliphatic rings. The van der Waals surface area contributed by atoms with Gasteiger partial charge in [0, 0.05) is 0 Å². The van der Waals surface area contributed by atoms with Gasteiger partial charge in [0.05, 0.1) is 12.2 Å². The normalized spacial score (nSPS) is 52.6. The minimum Gasteiger partial charge on any atom is -0.393 e. The lowest BCUT2D eigenvalue weighted by molar-refractivity contribution is -0.117. The molecule has 3 nitrogen and oxygen atoms in total. The molecule has 22 heavy (non-hydrogen) atoms. The van der Waals surface area contributed by atoms with Crippen molar-refractivity contribution in [1.29, 1.82) is 0 Å². The van der Waals surface area contributed by atoms with Gasteiger partial charge >= 0.3 is 0 Å². The van der Waals surface area contributed by atoms with Crippen molar-refractivity contribution in [2.45, 2.75) is 71.0 Å². The van der Waals surface area contributed by atoms with E-state index in [1.807, 2.05) is 0 Å². The van der Waals surface area contributed by atoms with Crippen molar-refractivity contribution in [3.63, 3.8) is 0 Å². The van der Waals surface area contributed by atoms with E-state index in [4.69, 9.17) is 5.73 Å². The maximum absolute atomic E-state index is 10.7. The van der Waals surface area contributed by atoms with E-state index in [1.54, 1.807) is 0 Å². The first kappa shape index (κ1) is 16.5. The third-order valence-corrected chi connectivity index (χ3v) is 7.78. The first-order chi connectivity index (χ1) is 10.3. The van der Waals surface area contributed by atoms with Crippen LogP contribution < -0.4 is 5.73 Å². The van der Waals surface area contributed by atoms with Gasteiger partial charge in [-0.05, 0) is 80.1 Å². The fraction of sp³-hybridized carbons (Fsp3) is 0.895. The highest BCUT2D eigenvalue weighted by Crippen LogP contribution is 2.62. The monoisotopic (exact) mass is 307 g/mol. The first-order valence-electron chi connectivity index (χ1n) is 9.07. The Morgan fingerprint density at radius 1 is 1.14 bits per heavy atom. The van der Waals surface area contributed by atoms with Crippen LogP contribution in [0.3, 0.4) is 0 Å². The number of allylic oxidation sites excluding steroid dienone is 1. The molecule has 3 fully saturated rings. The Morgan fingerprint density at radius 2 is 1.86 bits per heavy atom. The summed E-state index contributed by atoms with van der Waals surface area (Å²) < 4.78 is 0. The van der Waals surface area contributed by atoms with Crippen LogP contribution in [0.2, 0.25) is 0 Å². The van der Waals surface area contributed by atoms with E-state index >= 15 is 0 Å². The smallest absolute Gasteiger partial charge is 0.0621 e. The van der Waals surface area contributed by atoms with Gasteiger partial charge in [0.2, 0.25) is 0 Å².